The largest absolute Gasteiger partial charge is 0.235 e. The van der Waals surface area contributed by atoms with Gasteiger partial charge in [0.15, 0.2) is 0 Å². The molecule has 0 aliphatic heterocycles. The Balaban J connectivity index is 2.82. The molecular weight excluding hydrogens is 230 g/mol. The van der Waals surface area contributed by atoms with Crippen molar-refractivity contribution in [2.45, 2.75) is 30.5 Å². The fraction of sp³-hybridized carbons (Fsp3) is 0.364. The Bertz CT molecular complexity index is 386. The molecule has 1 aromatic carbocycles. The first-order valence-corrected chi connectivity index (χ1v) is 5.88. The second-order valence-electron chi connectivity index (χ2n) is 3.34. The Labute approximate surface area is 98.7 Å². The molecule has 2 nitrogen and oxygen atoms in total. The van der Waals surface area contributed by atoms with Gasteiger partial charge in [-0.25, -0.2) is 9.79 Å². The molecule has 0 saturated heterocycles. The smallest absolute Gasteiger partial charge is 0.211 e. The van der Waals surface area contributed by atoms with Gasteiger partial charge in [-0.05, 0) is 17.7 Å². The summed E-state index contributed by atoms with van der Waals surface area (Å²) in [6, 6.07) is 5.73. The number of halogens is 1. The average molecular weight is 242 g/mol. The molecule has 0 fully saturated rings. The van der Waals surface area contributed by atoms with E-state index in [0.29, 0.717) is 16.8 Å². The maximum atomic E-state index is 9.95. The quantitative estimate of drug-likeness (QED) is 0.457. The highest BCUT2D eigenvalue weighted by Crippen LogP contribution is 2.30. The number of aliphatic imine (C=N–C) groups is 1. The fourth-order valence-electron chi connectivity index (χ4n) is 1.12. The van der Waals surface area contributed by atoms with Gasteiger partial charge in [0, 0.05) is 10.1 Å². The van der Waals surface area contributed by atoms with Gasteiger partial charge < -0.3 is 0 Å². The van der Waals surface area contributed by atoms with E-state index in [-0.39, 0.29) is 0 Å². The molecule has 0 saturated carbocycles. The van der Waals surface area contributed by atoms with Crippen LogP contribution >= 0.6 is 23.4 Å². The van der Waals surface area contributed by atoms with Crippen LogP contribution in [-0.2, 0) is 11.3 Å². The van der Waals surface area contributed by atoms with Crippen LogP contribution in [0.3, 0.4) is 0 Å². The van der Waals surface area contributed by atoms with E-state index in [0.717, 1.165) is 10.5 Å². The average Bonchev–Trinajstić information content (AvgIpc) is 2.18. The van der Waals surface area contributed by atoms with E-state index < -0.39 is 0 Å². The van der Waals surface area contributed by atoms with E-state index in [9.17, 15) is 4.79 Å². The minimum atomic E-state index is 0.343. The molecule has 0 radical (unpaired) electrons. The van der Waals surface area contributed by atoms with Crippen molar-refractivity contribution in [1.82, 2.24) is 0 Å². The van der Waals surface area contributed by atoms with E-state index in [1.807, 2.05) is 18.2 Å². The Morgan fingerprint density at radius 1 is 1.53 bits per heavy atom. The van der Waals surface area contributed by atoms with E-state index >= 15 is 0 Å². The first-order chi connectivity index (χ1) is 7.13. The van der Waals surface area contributed by atoms with Crippen LogP contribution in [0.2, 0.25) is 5.02 Å². The second-order valence-corrected chi connectivity index (χ2v) is 5.36. The Morgan fingerprint density at radius 3 is 2.80 bits per heavy atom. The summed E-state index contributed by atoms with van der Waals surface area (Å²) in [6.45, 7) is 4.58. The van der Waals surface area contributed by atoms with E-state index in [2.05, 4.69) is 18.8 Å². The summed E-state index contributed by atoms with van der Waals surface area (Å²) >= 11 is 7.81. The molecule has 4 heteroatoms. The number of thioether (sulfide) groups is 1. The zero-order valence-electron chi connectivity index (χ0n) is 8.66. The highest BCUT2D eigenvalue weighted by atomic mass is 35.5. The monoisotopic (exact) mass is 241 g/mol. The van der Waals surface area contributed by atoms with Crippen LogP contribution in [0.5, 0.6) is 0 Å². The highest BCUT2D eigenvalue weighted by Gasteiger charge is 2.04. The first kappa shape index (κ1) is 12.3. The number of benzene rings is 1. The maximum Gasteiger partial charge on any atom is 0.235 e. The lowest BCUT2D eigenvalue weighted by Crippen LogP contribution is -1.88. The molecule has 0 atom stereocenters. The highest BCUT2D eigenvalue weighted by molar-refractivity contribution is 8.00. The zero-order chi connectivity index (χ0) is 11.3. The second kappa shape index (κ2) is 5.96. The Morgan fingerprint density at radius 2 is 2.27 bits per heavy atom. The topological polar surface area (TPSA) is 29.4 Å². The maximum absolute atomic E-state index is 9.95. The fourth-order valence-corrected chi connectivity index (χ4v) is 2.28. The summed E-state index contributed by atoms with van der Waals surface area (Å²) in [5, 5.41) is 1.22. The van der Waals surface area contributed by atoms with Crippen LogP contribution in [0.25, 0.3) is 0 Å². The van der Waals surface area contributed by atoms with Crippen LogP contribution in [0.15, 0.2) is 28.1 Å². The molecule has 1 rings (SSSR count). The predicted molar refractivity (Wildman–Crippen MR) is 64.3 cm³/mol. The third-order valence-corrected chi connectivity index (χ3v) is 3.19. The summed E-state index contributed by atoms with van der Waals surface area (Å²) in [5.41, 5.74) is 0.927. The van der Waals surface area contributed by atoms with Gasteiger partial charge >= 0.3 is 0 Å². The third-order valence-electron chi connectivity index (χ3n) is 1.69. The lowest BCUT2D eigenvalue weighted by atomic mass is 10.2. The van der Waals surface area contributed by atoms with Gasteiger partial charge in [0.05, 0.1) is 11.6 Å². The Hall–Kier alpha value is -0.760. The van der Waals surface area contributed by atoms with Gasteiger partial charge in [0.25, 0.3) is 0 Å². The normalized spacial score (nSPS) is 10.1. The minimum Gasteiger partial charge on any atom is -0.211 e. The summed E-state index contributed by atoms with van der Waals surface area (Å²) < 4.78 is 0. The molecule has 0 spiro atoms. The van der Waals surface area contributed by atoms with Gasteiger partial charge in [-0.2, -0.15) is 0 Å². The van der Waals surface area contributed by atoms with Crippen LogP contribution < -0.4 is 0 Å². The molecule has 80 valence electrons. The third kappa shape index (κ3) is 4.08. The van der Waals surface area contributed by atoms with Gasteiger partial charge in [0.2, 0.25) is 6.08 Å². The minimum absolute atomic E-state index is 0.343. The molecule has 15 heavy (non-hydrogen) atoms. The van der Waals surface area contributed by atoms with Crippen molar-refractivity contribution in [3.05, 3.63) is 28.8 Å². The Kier molecular flexibility index (Phi) is 4.89. The predicted octanol–water partition coefficient (Wildman–Crippen LogP) is 3.68. The lowest BCUT2D eigenvalue weighted by molar-refractivity contribution is 0.563. The van der Waals surface area contributed by atoms with Crippen molar-refractivity contribution in [2.24, 2.45) is 4.99 Å². The van der Waals surface area contributed by atoms with E-state index in [1.54, 1.807) is 11.8 Å². The molecule has 0 amide bonds. The molecule has 0 aliphatic rings. The van der Waals surface area contributed by atoms with Crippen molar-refractivity contribution in [3.63, 3.8) is 0 Å². The summed E-state index contributed by atoms with van der Waals surface area (Å²) in [5.74, 6) is 0. The standard InChI is InChI=1S/C11H12ClNOS/c1-8(2)15-11-4-3-9(5-10(11)12)6-13-7-14/h3-5,8H,6H2,1-2H3. The van der Waals surface area contributed by atoms with Crippen LogP contribution in [0.4, 0.5) is 0 Å². The lowest BCUT2D eigenvalue weighted by Gasteiger charge is -2.07. The first-order valence-electron chi connectivity index (χ1n) is 4.62. The van der Waals surface area contributed by atoms with Crippen LogP contribution in [-0.4, -0.2) is 11.3 Å². The SMILES string of the molecule is CC(C)Sc1ccc(CN=C=O)cc1Cl. The van der Waals surface area contributed by atoms with Crippen molar-refractivity contribution in [2.75, 3.05) is 0 Å². The molecule has 0 N–H and O–H groups in total. The van der Waals surface area contributed by atoms with Crippen LogP contribution in [0.1, 0.15) is 19.4 Å². The molecule has 0 heterocycles. The number of isocyanates is 1. The number of hydrogen-bond acceptors (Lipinski definition) is 3. The van der Waals surface area contributed by atoms with Gasteiger partial charge in [-0.3, -0.25) is 0 Å². The number of carbonyl (C=O) groups excluding carboxylic acids is 1. The van der Waals surface area contributed by atoms with Crippen molar-refractivity contribution >= 4 is 29.4 Å². The molecular formula is C11H12ClNOS. The van der Waals surface area contributed by atoms with Crippen molar-refractivity contribution < 1.29 is 4.79 Å². The molecule has 0 unspecified atom stereocenters. The molecule has 0 aliphatic carbocycles. The number of rotatable bonds is 4. The van der Waals surface area contributed by atoms with E-state index in [1.165, 1.54) is 6.08 Å². The van der Waals surface area contributed by atoms with Crippen LogP contribution in [0, 0.1) is 0 Å². The number of nitrogens with zero attached hydrogens (tertiary/aromatic N) is 1. The summed E-state index contributed by atoms with van der Waals surface area (Å²) in [7, 11) is 0. The summed E-state index contributed by atoms with van der Waals surface area (Å²) in [6.07, 6.45) is 1.51. The number of hydrogen-bond donors (Lipinski definition) is 0. The zero-order valence-corrected chi connectivity index (χ0v) is 10.2. The molecule has 0 aromatic heterocycles. The van der Waals surface area contributed by atoms with Crippen molar-refractivity contribution in [1.29, 1.82) is 0 Å². The molecule has 1 aromatic rings. The summed E-state index contributed by atoms with van der Waals surface area (Å²) in [4.78, 5) is 14.5. The van der Waals surface area contributed by atoms with Gasteiger partial charge in [-0.1, -0.05) is 31.5 Å². The van der Waals surface area contributed by atoms with Gasteiger partial charge in [-0.15, -0.1) is 11.8 Å². The van der Waals surface area contributed by atoms with E-state index in [4.69, 9.17) is 11.6 Å². The van der Waals surface area contributed by atoms with Crippen molar-refractivity contribution in [3.8, 4) is 0 Å². The molecule has 0 bridgehead atoms. The van der Waals surface area contributed by atoms with Gasteiger partial charge in [0.1, 0.15) is 0 Å².